The van der Waals surface area contributed by atoms with E-state index < -0.39 is 96.1 Å². The highest BCUT2D eigenvalue weighted by Gasteiger charge is 2.43. The quantitative estimate of drug-likeness (QED) is 0.143. The van der Waals surface area contributed by atoms with Crippen molar-refractivity contribution in [3.63, 3.8) is 0 Å². The minimum absolute atomic E-state index is 0.0784. The van der Waals surface area contributed by atoms with Crippen LogP contribution in [0.5, 0.6) is 0 Å². The molecule has 72 heavy (non-hydrogen) atoms. The maximum absolute atomic E-state index is 14.8. The molecule has 16 nitrogen and oxygen atoms in total. The summed E-state index contributed by atoms with van der Waals surface area (Å²) in [7, 11) is 5.61. The molecule has 3 rings (SSSR count). The molecule has 0 aromatic heterocycles. The third-order valence-corrected chi connectivity index (χ3v) is 13.2. The second-order valence-corrected chi connectivity index (χ2v) is 21.1. The predicted octanol–water partition coefficient (Wildman–Crippen LogP) is 6.79. The molecule has 0 radical (unpaired) electrons. The van der Waals surface area contributed by atoms with Crippen molar-refractivity contribution in [3.05, 3.63) is 70.8 Å². The number of carbonyl (C=O) groups is 8. The first-order valence-corrected chi connectivity index (χ1v) is 25.7. The van der Waals surface area contributed by atoms with Gasteiger partial charge in [0.2, 0.25) is 0 Å². The van der Waals surface area contributed by atoms with Crippen molar-refractivity contribution >= 4 is 47.5 Å². The molecule has 1 aliphatic rings. The SMILES string of the molecule is CCc1ccc(C[C@H]2OC(=O)[C@H](CC(C)C)N(C)C(=O)[C@@H](C)OC(=O)[C@H](CC(C)C)N(C)C(=O)[C@@H](Cc3ccc(CC)cc3)OC(=O)[C@H](CC(C)C)N(C)C(=O)[C@@H](C)OC(=O)[C@H](CC(C)C)N(C)C2=O)cc1. The lowest BCUT2D eigenvalue weighted by Crippen LogP contribution is -2.55. The van der Waals surface area contributed by atoms with E-state index in [0.717, 1.165) is 33.8 Å². The summed E-state index contributed by atoms with van der Waals surface area (Å²) in [4.78, 5) is 121. The van der Waals surface area contributed by atoms with Crippen molar-refractivity contribution in [1.29, 1.82) is 0 Å². The molecule has 4 amide bonds. The van der Waals surface area contributed by atoms with Gasteiger partial charge in [0, 0.05) is 41.0 Å². The van der Waals surface area contributed by atoms with Crippen LogP contribution < -0.4 is 0 Å². The van der Waals surface area contributed by atoms with Gasteiger partial charge >= 0.3 is 23.9 Å². The molecule has 1 fully saturated rings. The maximum atomic E-state index is 14.8. The first-order chi connectivity index (χ1) is 33.7. The average molecular weight is 1010 g/mol. The molecule has 2 aromatic rings. The molecule has 0 bridgehead atoms. The number of cyclic esters (lactones) is 4. The summed E-state index contributed by atoms with van der Waals surface area (Å²) < 4.78 is 24.0. The molecular formula is C56H84N4O12. The van der Waals surface area contributed by atoms with Crippen LogP contribution in [-0.4, -0.2) is 144 Å². The molecule has 8 atom stereocenters. The van der Waals surface area contributed by atoms with Crippen LogP contribution in [0.15, 0.2) is 48.5 Å². The summed E-state index contributed by atoms with van der Waals surface area (Å²) in [6.07, 6.45) is -4.03. The lowest BCUT2D eigenvalue weighted by atomic mass is 9.99. The number of esters is 4. The number of benzene rings is 2. The highest BCUT2D eigenvalue weighted by atomic mass is 16.6. The van der Waals surface area contributed by atoms with E-state index in [4.69, 9.17) is 18.9 Å². The van der Waals surface area contributed by atoms with Gasteiger partial charge in [-0.25, -0.2) is 19.2 Å². The lowest BCUT2D eigenvalue weighted by Gasteiger charge is -2.35. The number of aryl methyl sites for hydroxylation is 2. The zero-order valence-electron chi connectivity index (χ0n) is 45.9. The van der Waals surface area contributed by atoms with Gasteiger partial charge in [0.05, 0.1) is 0 Å². The van der Waals surface area contributed by atoms with E-state index in [0.29, 0.717) is 11.1 Å². The van der Waals surface area contributed by atoms with Gasteiger partial charge in [-0.15, -0.1) is 0 Å². The van der Waals surface area contributed by atoms with Crippen LogP contribution >= 0.6 is 0 Å². The number of amides is 4. The molecule has 0 spiro atoms. The van der Waals surface area contributed by atoms with Crippen LogP contribution in [0.2, 0.25) is 0 Å². The van der Waals surface area contributed by atoms with Crippen LogP contribution in [0.3, 0.4) is 0 Å². The van der Waals surface area contributed by atoms with Crippen LogP contribution in [0.1, 0.15) is 131 Å². The number of carbonyl (C=O) groups excluding carboxylic acids is 8. The predicted molar refractivity (Wildman–Crippen MR) is 274 cm³/mol. The number of likely N-dealkylation sites (N-methyl/N-ethyl adjacent to an activating group) is 4. The Morgan fingerprint density at radius 2 is 0.597 bits per heavy atom. The molecule has 16 heteroatoms. The van der Waals surface area contributed by atoms with E-state index >= 15 is 0 Å². The average Bonchev–Trinajstić information content (AvgIpc) is 3.33. The van der Waals surface area contributed by atoms with E-state index in [1.165, 1.54) is 51.8 Å². The minimum Gasteiger partial charge on any atom is -0.451 e. The summed E-state index contributed by atoms with van der Waals surface area (Å²) in [5.74, 6) is -7.11. The van der Waals surface area contributed by atoms with Crippen LogP contribution in [-0.2, 0) is 83.0 Å². The Hall–Kier alpha value is -5.80. The molecule has 1 heterocycles. The van der Waals surface area contributed by atoms with E-state index in [9.17, 15) is 38.4 Å². The van der Waals surface area contributed by atoms with E-state index in [1.807, 2.05) is 118 Å². The van der Waals surface area contributed by atoms with Gasteiger partial charge in [0.15, 0.2) is 24.4 Å². The fraction of sp³-hybridized carbons (Fsp3) is 0.643. The normalized spacial score (nSPS) is 24.5. The molecule has 400 valence electrons. The standard InChI is InChI=1S/C56H84N4O12/c1-17-39-19-23-41(24-20-39)31-47-51(63)59(15)43(27-33(3)4)53(65)69-38(12)50(62)58(14)46(30-36(9)10)56(68)72-48(32-42-25-21-40(18-2)22-26-42)52(64)60(16)44(28-34(5)6)54(66)70-37(11)49(61)57(13)45(29-35(7)8)55(67)71-47/h19-26,33-38,43-48H,17-18,27-32H2,1-16H3/t37-,38-,43+,44+,45+,46+,47-,48-/m1/s1. The smallest absolute Gasteiger partial charge is 0.329 e. The zero-order chi connectivity index (χ0) is 54.3. The Morgan fingerprint density at radius 1 is 0.375 bits per heavy atom. The second-order valence-electron chi connectivity index (χ2n) is 21.1. The maximum Gasteiger partial charge on any atom is 0.329 e. The Bertz CT molecular complexity index is 1990. The van der Waals surface area contributed by atoms with Gasteiger partial charge in [-0.3, -0.25) is 19.2 Å². The van der Waals surface area contributed by atoms with Gasteiger partial charge in [-0.1, -0.05) is 118 Å². The van der Waals surface area contributed by atoms with E-state index in [1.54, 1.807) is 0 Å². The van der Waals surface area contributed by atoms with E-state index in [2.05, 4.69) is 0 Å². The van der Waals surface area contributed by atoms with E-state index in [-0.39, 0.29) is 62.2 Å². The van der Waals surface area contributed by atoms with Gasteiger partial charge in [0.25, 0.3) is 23.6 Å². The lowest BCUT2D eigenvalue weighted by molar-refractivity contribution is -0.176. The second kappa shape index (κ2) is 27.9. The number of hydrogen-bond acceptors (Lipinski definition) is 12. The van der Waals surface area contributed by atoms with Crippen molar-refractivity contribution in [2.45, 2.75) is 183 Å². The fourth-order valence-electron chi connectivity index (χ4n) is 8.73. The van der Waals surface area contributed by atoms with Crippen molar-refractivity contribution in [1.82, 2.24) is 19.6 Å². The Labute approximate surface area is 428 Å². The number of nitrogens with zero attached hydrogens (tertiary/aromatic N) is 4. The number of ether oxygens (including phenoxy) is 4. The first-order valence-electron chi connectivity index (χ1n) is 25.7. The molecule has 0 unspecified atom stereocenters. The molecule has 0 N–H and O–H groups in total. The summed E-state index contributed by atoms with van der Waals surface area (Å²) in [6, 6.07) is 9.98. The Morgan fingerprint density at radius 3 is 0.833 bits per heavy atom. The van der Waals surface area contributed by atoms with Crippen molar-refractivity contribution in [3.8, 4) is 0 Å². The molecular weight excluding hydrogens is 921 g/mol. The molecule has 0 saturated carbocycles. The Kier molecular flexibility index (Phi) is 23.4. The minimum atomic E-state index is -1.48. The van der Waals surface area contributed by atoms with Gasteiger partial charge in [-0.05, 0) is 98.3 Å². The summed E-state index contributed by atoms with van der Waals surface area (Å²) in [5.41, 5.74) is 3.43. The number of hydrogen-bond donors (Lipinski definition) is 0. The van der Waals surface area contributed by atoms with Gasteiger partial charge in [-0.2, -0.15) is 0 Å². The summed E-state index contributed by atoms with van der Waals surface area (Å²) in [5, 5.41) is 0. The van der Waals surface area contributed by atoms with Gasteiger partial charge < -0.3 is 38.5 Å². The molecule has 1 aliphatic heterocycles. The largest absolute Gasteiger partial charge is 0.451 e. The van der Waals surface area contributed by atoms with Crippen molar-refractivity contribution in [2.24, 2.45) is 23.7 Å². The first kappa shape index (κ1) is 60.5. The summed E-state index contributed by atoms with van der Waals surface area (Å²) in [6.45, 7) is 21.6. The monoisotopic (exact) mass is 1000 g/mol. The van der Waals surface area contributed by atoms with Crippen LogP contribution in [0.25, 0.3) is 0 Å². The third-order valence-electron chi connectivity index (χ3n) is 13.2. The highest BCUT2D eigenvalue weighted by molar-refractivity contribution is 5.94. The molecule has 1 saturated heterocycles. The topological polar surface area (TPSA) is 186 Å². The zero-order valence-corrected chi connectivity index (χ0v) is 45.9. The third kappa shape index (κ3) is 17.2. The van der Waals surface area contributed by atoms with Gasteiger partial charge in [0.1, 0.15) is 24.2 Å². The summed E-state index contributed by atoms with van der Waals surface area (Å²) >= 11 is 0. The van der Waals surface area contributed by atoms with Crippen molar-refractivity contribution < 1.29 is 57.3 Å². The molecule has 2 aromatic carbocycles. The Balaban J connectivity index is 2.27. The molecule has 0 aliphatic carbocycles. The van der Waals surface area contributed by atoms with Crippen molar-refractivity contribution in [2.75, 3.05) is 28.2 Å². The number of rotatable bonds is 14. The highest BCUT2D eigenvalue weighted by Crippen LogP contribution is 2.24. The van der Waals surface area contributed by atoms with Crippen LogP contribution in [0, 0.1) is 23.7 Å². The van der Waals surface area contributed by atoms with Crippen LogP contribution in [0.4, 0.5) is 0 Å². The fourth-order valence-corrected chi connectivity index (χ4v) is 8.73.